The molecular weight excluding hydrogens is 539 g/mol. The van der Waals surface area contributed by atoms with Crippen LogP contribution in [0, 0.1) is 11.7 Å². The number of carbonyl (C=O) groups is 2. The number of rotatable bonds is 11. The topological polar surface area (TPSA) is 126 Å². The maximum absolute atomic E-state index is 14.1. The molecule has 12 heteroatoms. The monoisotopic (exact) mass is 578 g/mol. The van der Waals surface area contributed by atoms with Crippen LogP contribution in [-0.2, 0) is 9.53 Å². The molecule has 2 aliphatic carbocycles. The number of halogens is 1. The van der Waals surface area contributed by atoms with Crippen molar-refractivity contribution in [2.45, 2.75) is 82.3 Å². The fraction of sp³-hybridized carbons (Fsp3) is 0.567. The van der Waals surface area contributed by atoms with Crippen molar-refractivity contribution in [3.8, 4) is 0 Å². The summed E-state index contributed by atoms with van der Waals surface area (Å²) >= 11 is 0. The first-order chi connectivity index (χ1) is 20.4. The molecule has 1 saturated heterocycles. The first-order valence-electron chi connectivity index (χ1n) is 15.1. The molecule has 0 aromatic carbocycles. The number of aromatic nitrogens is 4. The molecule has 11 nitrogen and oxygen atoms in total. The summed E-state index contributed by atoms with van der Waals surface area (Å²) in [5, 5.41) is 14.3. The third kappa shape index (κ3) is 6.80. The van der Waals surface area contributed by atoms with Gasteiger partial charge in [0, 0.05) is 36.8 Å². The van der Waals surface area contributed by atoms with Gasteiger partial charge < -0.3 is 25.6 Å². The van der Waals surface area contributed by atoms with Gasteiger partial charge in [-0.15, -0.1) is 5.10 Å². The number of esters is 1. The molecule has 3 fully saturated rings. The van der Waals surface area contributed by atoms with Crippen LogP contribution in [-0.4, -0.2) is 74.7 Å². The number of nitrogens with one attached hydrogen (secondary N) is 3. The van der Waals surface area contributed by atoms with Crippen LogP contribution in [0.3, 0.4) is 0 Å². The number of hydrogen-bond acceptors (Lipinski definition) is 9. The van der Waals surface area contributed by atoms with Crippen molar-refractivity contribution >= 4 is 34.7 Å². The molecule has 0 radical (unpaired) electrons. The number of likely N-dealkylation sites (tertiary alicyclic amines) is 1. The van der Waals surface area contributed by atoms with Crippen molar-refractivity contribution < 1.29 is 18.7 Å². The Morgan fingerprint density at radius 3 is 2.57 bits per heavy atom. The second-order valence-corrected chi connectivity index (χ2v) is 11.9. The second-order valence-electron chi connectivity index (χ2n) is 11.9. The van der Waals surface area contributed by atoms with E-state index in [1.807, 2.05) is 6.07 Å². The van der Waals surface area contributed by atoms with Crippen molar-refractivity contribution in [1.82, 2.24) is 24.5 Å². The molecule has 1 atom stereocenters. The van der Waals surface area contributed by atoms with Crippen molar-refractivity contribution in [3.05, 3.63) is 42.2 Å². The van der Waals surface area contributed by atoms with Gasteiger partial charge in [-0.05, 0) is 83.4 Å². The van der Waals surface area contributed by atoms with Gasteiger partial charge in [0.1, 0.15) is 5.82 Å². The van der Waals surface area contributed by atoms with E-state index in [2.05, 4.69) is 37.9 Å². The Morgan fingerprint density at radius 1 is 1.05 bits per heavy atom. The number of fused-ring (bicyclic) bond motifs is 1. The summed E-state index contributed by atoms with van der Waals surface area (Å²) in [6, 6.07) is 4.45. The molecule has 3 aromatic heterocycles. The number of ether oxygens (including phenoxy) is 1. The van der Waals surface area contributed by atoms with Gasteiger partial charge in [0.2, 0.25) is 0 Å². The molecule has 1 amide bonds. The maximum Gasteiger partial charge on any atom is 0.306 e. The molecule has 0 spiro atoms. The Morgan fingerprint density at radius 2 is 1.83 bits per heavy atom. The van der Waals surface area contributed by atoms with Crippen LogP contribution < -0.4 is 16.0 Å². The summed E-state index contributed by atoms with van der Waals surface area (Å²) in [7, 11) is 2.14. The van der Waals surface area contributed by atoms with E-state index in [9.17, 15) is 14.0 Å². The molecule has 0 bridgehead atoms. The van der Waals surface area contributed by atoms with E-state index < -0.39 is 11.7 Å². The SMILES string of the molecule is CN1CCCC1CCOC(=O)CC1CCC(Nc2cc(NC3CC3)c3ncc(C(=O)Nc4ccncc4F)n3n2)CC1. The van der Waals surface area contributed by atoms with E-state index in [0.29, 0.717) is 42.5 Å². The van der Waals surface area contributed by atoms with Crippen molar-refractivity contribution in [2.24, 2.45) is 5.92 Å². The molecule has 3 N–H and O–H groups in total. The van der Waals surface area contributed by atoms with Gasteiger partial charge in [-0.2, -0.15) is 0 Å². The quantitative estimate of drug-likeness (QED) is 0.282. The Kier molecular flexibility index (Phi) is 8.50. The molecule has 3 aromatic rings. The van der Waals surface area contributed by atoms with Crippen LogP contribution in [0.15, 0.2) is 30.7 Å². The molecule has 2 saturated carbocycles. The van der Waals surface area contributed by atoms with E-state index in [4.69, 9.17) is 9.84 Å². The minimum absolute atomic E-state index is 0.0395. The zero-order chi connectivity index (χ0) is 29.1. The third-order valence-electron chi connectivity index (χ3n) is 8.70. The predicted octanol–water partition coefficient (Wildman–Crippen LogP) is 4.48. The number of pyridine rings is 1. The average Bonchev–Trinajstić information content (AvgIpc) is 3.53. The summed E-state index contributed by atoms with van der Waals surface area (Å²) in [4.78, 5) is 36.1. The van der Waals surface area contributed by atoms with Gasteiger partial charge in [0.15, 0.2) is 17.2 Å². The average molecular weight is 579 g/mol. The first-order valence-corrected chi connectivity index (χ1v) is 15.1. The number of hydrogen-bond donors (Lipinski definition) is 3. The number of anilines is 3. The summed E-state index contributed by atoms with van der Waals surface area (Å²) < 4.78 is 21.2. The van der Waals surface area contributed by atoms with Gasteiger partial charge in [-0.3, -0.25) is 14.6 Å². The van der Waals surface area contributed by atoms with Gasteiger partial charge in [-0.25, -0.2) is 13.9 Å². The Balaban J connectivity index is 1.06. The summed E-state index contributed by atoms with van der Waals surface area (Å²) in [5.74, 6) is -0.269. The summed E-state index contributed by atoms with van der Waals surface area (Å²) in [6.45, 7) is 1.63. The highest BCUT2D eigenvalue weighted by molar-refractivity contribution is 6.03. The van der Waals surface area contributed by atoms with Gasteiger partial charge in [-0.1, -0.05) is 0 Å². The standard InChI is InChI=1S/C30H39FN8O3/c1-38-13-2-3-22(38)11-14-42-28(40)15-19-4-6-21(7-5-19)35-27-16-25(34-20-8-9-20)29-33-18-26(39(29)37-27)30(41)36-24-10-12-32-17-23(24)31/h10,12,16-22,34H,2-9,11,13-15H2,1H3,(H,35,37)(H,32,36,41). The fourth-order valence-electron chi connectivity index (χ4n) is 6.08. The molecular formula is C30H39FN8O3. The van der Waals surface area contributed by atoms with Gasteiger partial charge in [0.05, 0.1) is 30.4 Å². The molecule has 1 unspecified atom stereocenters. The fourth-order valence-corrected chi connectivity index (χ4v) is 6.08. The number of amides is 1. The van der Waals surface area contributed by atoms with E-state index >= 15 is 0 Å². The molecule has 3 aliphatic rings. The minimum Gasteiger partial charge on any atom is -0.466 e. The van der Waals surface area contributed by atoms with Crippen molar-refractivity contribution in [3.63, 3.8) is 0 Å². The maximum atomic E-state index is 14.1. The van der Waals surface area contributed by atoms with E-state index in [1.165, 1.54) is 35.8 Å². The highest BCUT2D eigenvalue weighted by Gasteiger charge is 2.27. The molecule has 4 heterocycles. The molecule has 1 aliphatic heterocycles. The third-order valence-corrected chi connectivity index (χ3v) is 8.70. The van der Waals surface area contributed by atoms with Gasteiger partial charge >= 0.3 is 5.97 Å². The lowest BCUT2D eigenvalue weighted by atomic mass is 9.84. The summed E-state index contributed by atoms with van der Waals surface area (Å²) in [6.07, 6.45) is 13.6. The van der Waals surface area contributed by atoms with Crippen LogP contribution in [0.5, 0.6) is 0 Å². The van der Waals surface area contributed by atoms with E-state index in [1.54, 1.807) is 0 Å². The second kappa shape index (κ2) is 12.6. The van der Waals surface area contributed by atoms with E-state index in [0.717, 1.165) is 63.4 Å². The van der Waals surface area contributed by atoms with Crippen LogP contribution in [0.1, 0.15) is 74.7 Å². The highest BCUT2D eigenvalue weighted by Crippen LogP contribution is 2.32. The lowest BCUT2D eigenvalue weighted by Gasteiger charge is -2.29. The Hall–Kier alpha value is -3.80. The van der Waals surface area contributed by atoms with Crippen LogP contribution >= 0.6 is 0 Å². The van der Waals surface area contributed by atoms with Crippen molar-refractivity contribution in [1.29, 1.82) is 0 Å². The van der Waals surface area contributed by atoms with Crippen LogP contribution in [0.25, 0.3) is 5.65 Å². The first kappa shape index (κ1) is 28.3. The zero-order valence-electron chi connectivity index (χ0n) is 24.0. The largest absolute Gasteiger partial charge is 0.466 e. The van der Waals surface area contributed by atoms with E-state index in [-0.39, 0.29) is 23.4 Å². The smallest absolute Gasteiger partial charge is 0.306 e. The van der Waals surface area contributed by atoms with Crippen LogP contribution in [0.4, 0.5) is 21.6 Å². The number of carbonyl (C=O) groups excluding carboxylic acids is 2. The van der Waals surface area contributed by atoms with Crippen LogP contribution in [0.2, 0.25) is 0 Å². The minimum atomic E-state index is -0.619. The highest BCUT2D eigenvalue weighted by atomic mass is 19.1. The summed E-state index contributed by atoms with van der Waals surface area (Å²) in [5.41, 5.74) is 1.57. The Bertz CT molecular complexity index is 1420. The Labute approximate surface area is 244 Å². The zero-order valence-corrected chi connectivity index (χ0v) is 24.0. The predicted molar refractivity (Wildman–Crippen MR) is 157 cm³/mol. The lowest BCUT2D eigenvalue weighted by molar-refractivity contribution is -0.145. The molecule has 6 rings (SSSR count). The molecule has 42 heavy (non-hydrogen) atoms. The van der Waals surface area contributed by atoms with Gasteiger partial charge in [0.25, 0.3) is 5.91 Å². The normalized spacial score (nSPS) is 22.7. The van der Waals surface area contributed by atoms with Crippen molar-refractivity contribution in [2.75, 3.05) is 36.1 Å². The number of nitrogens with zero attached hydrogens (tertiary/aromatic N) is 5. The molecule has 224 valence electrons. The number of imidazole rings is 1. The lowest BCUT2D eigenvalue weighted by Crippen LogP contribution is -2.29.